The lowest BCUT2D eigenvalue weighted by Gasteiger charge is -2.42. The number of carbonyl (C=O) groups is 2. The second-order valence-electron chi connectivity index (χ2n) is 11.7. The van der Waals surface area contributed by atoms with E-state index in [1.54, 1.807) is 0 Å². The quantitative estimate of drug-likeness (QED) is 0.437. The summed E-state index contributed by atoms with van der Waals surface area (Å²) in [6, 6.07) is 20.7. The van der Waals surface area contributed by atoms with Gasteiger partial charge in [0.2, 0.25) is 5.91 Å². The number of aryl methyl sites for hydroxylation is 3. The highest BCUT2D eigenvalue weighted by molar-refractivity contribution is 5.94. The lowest BCUT2D eigenvalue weighted by Crippen LogP contribution is -2.48. The summed E-state index contributed by atoms with van der Waals surface area (Å²) in [6.07, 6.45) is 7.27. The minimum absolute atomic E-state index is 0.0446. The summed E-state index contributed by atoms with van der Waals surface area (Å²) in [7, 11) is 0. The number of hydrogen-bond acceptors (Lipinski definition) is 3. The smallest absolute Gasteiger partial charge is 0.253 e. The minimum atomic E-state index is 0.0446. The molecule has 0 radical (unpaired) electrons. The number of piperidine rings is 1. The third-order valence-corrected chi connectivity index (χ3v) is 8.91. The van der Waals surface area contributed by atoms with Crippen molar-refractivity contribution < 1.29 is 14.3 Å². The summed E-state index contributed by atoms with van der Waals surface area (Å²) >= 11 is 0. The van der Waals surface area contributed by atoms with Gasteiger partial charge in [0.1, 0.15) is 5.75 Å². The van der Waals surface area contributed by atoms with E-state index in [9.17, 15) is 9.59 Å². The van der Waals surface area contributed by atoms with Crippen molar-refractivity contribution in [3.05, 3.63) is 88.7 Å². The van der Waals surface area contributed by atoms with Crippen LogP contribution in [0.4, 0.5) is 0 Å². The van der Waals surface area contributed by atoms with E-state index in [-0.39, 0.29) is 17.2 Å². The molecule has 212 valence electrons. The Morgan fingerprint density at radius 2 is 1.60 bits per heavy atom. The van der Waals surface area contributed by atoms with Crippen LogP contribution in [0.1, 0.15) is 77.8 Å². The zero-order valence-corrected chi connectivity index (χ0v) is 24.1. The predicted octanol–water partition coefficient (Wildman–Crippen LogP) is 6.08. The van der Waals surface area contributed by atoms with Crippen molar-refractivity contribution in [1.82, 2.24) is 14.8 Å². The topological polar surface area (TPSA) is 63.6 Å². The Morgan fingerprint density at radius 1 is 0.875 bits per heavy atom. The van der Waals surface area contributed by atoms with Gasteiger partial charge >= 0.3 is 0 Å². The number of rotatable bonds is 3. The number of para-hydroxylation sites is 1. The summed E-state index contributed by atoms with van der Waals surface area (Å²) in [5.74, 6) is 1.15. The van der Waals surface area contributed by atoms with Crippen molar-refractivity contribution in [3.63, 3.8) is 0 Å². The first kappa shape index (κ1) is 28.0. The van der Waals surface area contributed by atoms with Crippen LogP contribution in [-0.4, -0.2) is 47.5 Å². The maximum absolute atomic E-state index is 13.4. The molecule has 3 heterocycles. The fourth-order valence-corrected chi connectivity index (χ4v) is 6.22. The first-order valence-electron chi connectivity index (χ1n) is 14.9. The molecule has 1 fully saturated rings. The minimum Gasteiger partial charge on any atom is -0.493 e. The first-order chi connectivity index (χ1) is 19.4. The molecule has 5 rings (SSSR count). The van der Waals surface area contributed by atoms with Crippen LogP contribution in [0.3, 0.4) is 0 Å². The highest BCUT2D eigenvalue weighted by atomic mass is 16.5. The van der Waals surface area contributed by atoms with Crippen molar-refractivity contribution in [3.8, 4) is 5.75 Å². The Bertz CT molecular complexity index is 1280. The van der Waals surface area contributed by atoms with Crippen molar-refractivity contribution in [2.45, 2.75) is 71.8 Å². The molecular formula is C34H43N3O3. The third-order valence-electron chi connectivity index (χ3n) is 8.91. The number of carbonyl (C=O) groups excluding carboxylic acids is 2. The van der Waals surface area contributed by atoms with Gasteiger partial charge in [0.15, 0.2) is 0 Å². The van der Waals surface area contributed by atoms with Crippen molar-refractivity contribution in [1.29, 1.82) is 0 Å². The van der Waals surface area contributed by atoms with Crippen LogP contribution < -0.4 is 10.1 Å². The highest BCUT2D eigenvalue weighted by Crippen LogP contribution is 2.37. The van der Waals surface area contributed by atoms with Crippen LogP contribution in [0.2, 0.25) is 0 Å². The van der Waals surface area contributed by atoms with E-state index in [4.69, 9.17) is 4.74 Å². The molecule has 0 saturated carbocycles. The molecule has 40 heavy (non-hydrogen) atoms. The lowest BCUT2D eigenvalue weighted by atomic mass is 9.74. The van der Waals surface area contributed by atoms with E-state index < -0.39 is 0 Å². The molecule has 0 unspecified atom stereocenters. The van der Waals surface area contributed by atoms with Gasteiger partial charge in [-0.15, -0.1) is 0 Å². The molecule has 0 aliphatic carbocycles. The van der Waals surface area contributed by atoms with Crippen molar-refractivity contribution >= 4 is 11.8 Å². The van der Waals surface area contributed by atoms with E-state index >= 15 is 0 Å². The second kappa shape index (κ2) is 12.8. The Kier molecular flexibility index (Phi) is 8.93. The Balaban J connectivity index is 1.20. The van der Waals surface area contributed by atoms with E-state index in [0.29, 0.717) is 26.0 Å². The van der Waals surface area contributed by atoms with Crippen LogP contribution in [0.25, 0.3) is 0 Å². The van der Waals surface area contributed by atoms with E-state index in [2.05, 4.69) is 60.1 Å². The van der Waals surface area contributed by atoms with Gasteiger partial charge in [-0.3, -0.25) is 9.59 Å². The number of amides is 2. The second-order valence-corrected chi connectivity index (χ2v) is 11.7. The van der Waals surface area contributed by atoms with Crippen LogP contribution in [-0.2, 0) is 17.8 Å². The summed E-state index contributed by atoms with van der Waals surface area (Å²) in [6.45, 7) is 7.77. The average Bonchev–Trinajstić information content (AvgIpc) is 3.29. The molecule has 6 heteroatoms. The highest BCUT2D eigenvalue weighted by Gasteiger charge is 2.36. The van der Waals surface area contributed by atoms with E-state index in [1.165, 1.54) is 22.5 Å². The largest absolute Gasteiger partial charge is 0.493 e. The van der Waals surface area contributed by atoms with Gasteiger partial charge in [0.05, 0.1) is 6.61 Å². The molecule has 2 amide bonds. The predicted molar refractivity (Wildman–Crippen MR) is 159 cm³/mol. The van der Waals surface area contributed by atoms with Crippen molar-refractivity contribution in [2.24, 2.45) is 5.41 Å². The Hall–Kier alpha value is -3.54. The maximum atomic E-state index is 13.4. The first-order valence-corrected chi connectivity index (χ1v) is 14.9. The van der Waals surface area contributed by atoms with Gasteiger partial charge in [0, 0.05) is 49.6 Å². The average molecular weight is 542 g/mol. The van der Waals surface area contributed by atoms with Crippen molar-refractivity contribution in [2.75, 3.05) is 26.2 Å². The van der Waals surface area contributed by atoms with Gasteiger partial charge in [-0.1, -0.05) is 36.8 Å². The molecule has 0 bridgehead atoms. The van der Waals surface area contributed by atoms with Gasteiger partial charge in [0.25, 0.3) is 5.91 Å². The van der Waals surface area contributed by atoms with E-state index in [1.807, 2.05) is 29.2 Å². The molecule has 3 aromatic rings. The zero-order valence-electron chi connectivity index (χ0n) is 24.1. The molecule has 2 aliphatic rings. The van der Waals surface area contributed by atoms with Gasteiger partial charge in [-0.05, 0) is 99.2 Å². The molecule has 0 atom stereocenters. The number of ether oxygens (including phenoxy) is 1. The van der Waals surface area contributed by atoms with Gasteiger partial charge < -0.3 is 19.5 Å². The monoisotopic (exact) mass is 541 g/mol. The Labute approximate surface area is 238 Å². The molecule has 2 aliphatic heterocycles. The van der Waals surface area contributed by atoms with E-state index in [0.717, 1.165) is 69.5 Å². The molecule has 1 aromatic heterocycles. The standard InChI is InChI=1S/C34H43N3O3/c1-26-12-13-27(2)37(26)24-28-14-16-30(17-15-28)33(39)36-21-19-34(20-22-36)18-6-5-9-29-8-3-4-10-31(29)40-23-7-11-32(38)35-25-34/h3-4,8,10,12-17H,5-7,9,11,18-25H2,1-2H3,(H,35,38). The number of nitrogens with one attached hydrogen (secondary N) is 1. The number of aromatic nitrogens is 1. The van der Waals surface area contributed by atoms with Gasteiger partial charge in [-0.2, -0.15) is 0 Å². The summed E-state index contributed by atoms with van der Waals surface area (Å²) < 4.78 is 8.27. The number of nitrogens with zero attached hydrogens (tertiary/aromatic N) is 2. The number of benzene rings is 2. The summed E-state index contributed by atoms with van der Waals surface area (Å²) in [5, 5.41) is 3.22. The van der Waals surface area contributed by atoms with Crippen LogP contribution >= 0.6 is 0 Å². The molecule has 6 nitrogen and oxygen atoms in total. The van der Waals surface area contributed by atoms with Gasteiger partial charge in [-0.25, -0.2) is 0 Å². The van der Waals surface area contributed by atoms with Crippen LogP contribution in [0, 0.1) is 19.3 Å². The zero-order chi connectivity index (χ0) is 28.0. The Morgan fingerprint density at radius 3 is 2.35 bits per heavy atom. The fourth-order valence-electron chi connectivity index (χ4n) is 6.22. The number of hydrogen-bond donors (Lipinski definition) is 1. The van der Waals surface area contributed by atoms with Crippen LogP contribution in [0.15, 0.2) is 60.7 Å². The number of likely N-dealkylation sites (tertiary alicyclic amines) is 1. The van der Waals surface area contributed by atoms with Crippen LogP contribution in [0.5, 0.6) is 5.75 Å². The fraction of sp³-hybridized carbons (Fsp3) is 0.471. The normalized spacial score (nSPS) is 18.4. The molecule has 2 aromatic carbocycles. The summed E-state index contributed by atoms with van der Waals surface area (Å²) in [5.41, 5.74) is 5.73. The molecule has 1 spiro atoms. The SMILES string of the molecule is Cc1ccc(C)n1Cc1ccc(C(=O)N2CCC3(CCCCc4ccccc4OCCCC(=O)NC3)CC2)cc1. The third kappa shape index (κ3) is 6.78. The molecule has 1 N–H and O–H groups in total. The lowest BCUT2D eigenvalue weighted by molar-refractivity contribution is -0.122. The maximum Gasteiger partial charge on any atom is 0.253 e. The molecule has 1 saturated heterocycles. The summed E-state index contributed by atoms with van der Waals surface area (Å²) in [4.78, 5) is 28.0. The molecular weight excluding hydrogens is 498 g/mol. The number of fused-ring (bicyclic) bond motifs is 1.